The number of nitrogens with one attached hydrogen (secondary N) is 1. The van der Waals surface area contributed by atoms with Crippen LogP contribution in [0.25, 0.3) is 0 Å². The molecular formula is C116H232N12O. The molecule has 4 unspecified atom stereocenters. The Morgan fingerprint density at radius 1 is 0.233 bits per heavy atom. The number of likely N-dealkylation sites (tertiary alicyclic amines) is 9. The zero-order valence-corrected chi connectivity index (χ0v) is 94.5. The second kappa shape index (κ2) is 51.1. The highest BCUT2D eigenvalue weighted by Crippen LogP contribution is 2.50. The highest BCUT2D eigenvalue weighted by Gasteiger charge is 2.47. The molecule has 13 heteroatoms. The first kappa shape index (κ1) is 117. The quantitative estimate of drug-likeness (QED) is 0.235. The Morgan fingerprint density at radius 3 is 0.713 bits per heavy atom. The highest BCUT2D eigenvalue weighted by molar-refractivity contribution is 5.02. The van der Waals surface area contributed by atoms with Gasteiger partial charge in [0.25, 0.3) is 0 Å². The van der Waals surface area contributed by atoms with Gasteiger partial charge < -0.3 is 10.1 Å². The maximum Gasteiger partial charge on any atom is 0.0545 e. The Hall–Kier alpha value is -0.780. The van der Waals surface area contributed by atoms with Gasteiger partial charge in [0, 0.05) is 130 Å². The van der Waals surface area contributed by atoms with Crippen LogP contribution in [0.1, 0.15) is 462 Å². The van der Waals surface area contributed by atoms with E-state index in [1.54, 1.807) is 0 Å². The molecule has 0 aromatic heterocycles. The van der Waals surface area contributed by atoms with Crippen molar-refractivity contribution >= 4 is 0 Å². The van der Waals surface area contributed by atoms with Crippen LogP contribution in [0, 0.1) is 45.8 Å². The van der Waals surface area contributed by atoms with E-state index in [1.165, 1.54) is 330 Å². The monoisotopic (exact) mass is 1810 g/mol. The van der Waals surface area contributed by atoms with Gasteiger partial charge in [0.1, 0.15) is 0 Å². The van der Waals surface area contributed by atoms with Crippen molar-refractivity contribution in [2.24, 2.45) is 45.8 Å². The molecule has 14 saturated heterocycles. The third kappa shape index (κ3) is 43.1. The summed E-state index contributed by atoms with van der Waals surface area (Å²) in [6.07, 6.45) is 50.7. The lowest BCUT2D eigenvalue weighted by molar-refractivity contribution is -0.145. The predicted molar refractivity (Wildman–Crippen MR) is 569 cm³/mol. The molecular weight excluding hydrogens is 1580 g/mol. The van der Waals surface area contributed by atoms with Crippen molar-refractivity contribution in [1.82, 2.24) is 59.2 Å². The van der Waals surface area contributed by atoms with E-state index >= 15 is 0 Å². The van der Waals surface area contributed by atoms with Gasteiger partial charge >= 0.3 is 0 Å². The van der Waals surface area contributed by atoms with E-state index in [9.17, 15) is 0 Å². The smallest absolute Gasteiger partial charge is 0.0545 e. The highest BCUT2D eigenvalue weighted by atomic mass is 16.5. The first-order chi connectivity index (χ1) is 59.3. The molecule has 15 aliphatic heterocycles. The van der Waals surface area contributed by atoms with E-state index in [1.807, 2.05) is 0 Å². The average Bonchev–Trinajstić information content (AvgIpc) is 1.42. The van der Waals surface area contributed by atoms with Crippen LogP contribution in [0.15, 0.2) is 12.2 Å². The predicted octanol–water partition coefficient (Wildman–Crippen LogP) is 27.0. The lowest BCUT2D eigenvalue weighted by Crippen LogP contribution is -2.55. The lowest BCUT2D eigenvalue weighted by Gasteiger charge is -2.52. The normalized spacial score (nSPS) is 29.0. The standard InChI is InChI=1S/C12H23N.C11H21NO.C11H21N.2C10H19N.C10H21N.2C9H19N.C8H17N.C8H15N.C7H15N.C6H11N.C5H12/c1-11(2,3)13-9-7-12(8-10-13)5-4-6-12;1-10(2,3)12-6-4-11(5-7-12)8-13-9-11;1-11(2,3)12-7-9-5-4-6-10(9)8-12;1-10(2,3)11-6-8-4-9(5-8)7-11;1-10(2,3)11-7-8-4-5-9(11)6-8;1-10(2,3)11-8-6-4-5-7-9-11;2*1-9(2,3)10-7-5-4-6-8-10;2*1-8(2,3)9-6-4-5-7-9;1-7(2,3)8-5-4-6-8;1-2-6-4-3-5(1)7-6;1-5(2,3)4/h4-10H2,1-3H3;4-9H2,1-3H3;9-10H,4-8H2,1-3H3;2*8-9H,4-7H2,1-3H3;4-9H2,1-3H3;2*4-8H2,1-3H3;4-7H2,1-3H3;4-5H,6-7H2,1-3H3;4-6H2,1-3H3;5-7H,1-4H2;1-4H3. The van der Waals surface area contributed by atoms with E-state index < -0.39 is 0 Å². The maximum absolute atomic E-state index is 5.32. The molecule has 4 saturated carbocycles. The van der Waals surface area contributed by atoms with Crippen molar-refractivity contribution in [3.63, 3.8) is 0 Å². The van der Waals surface area contributed by atoms with Gasteiger partial charge in [0.05, 0.1) is 13.2 Å². The van der Waals surface area contributed by atoms with E-state index in [0.29, 0.717) is 71.8 Å². The molecule has 0 aromatic rings. The van der Waals surface area contributed by atoms with E-state index in [0.717, 1.165) is 79.4 Å². The van der Waals surface area contributed by atoms with Crippen LogP contribution in [0.2, 0.25) is 0 Å². The summed E-state index contributed by atoms with van der Waals surface area (Å²) in [7, 11) is 0. The van der Waals surface area contributed by atoms with Crippen molar-refractivity contribution in [2.45, 2.75) is 541 Å². The maximum atomic E-state index is 5.32. The summed E-state index contributed by atoms with van der Waals surface area (Å²) >= 11 is 0. The Bertz CT molecular complexity index is 2840. The second-order valence-electron chi connectivity index (χ2n) is 57.3. The van der Waals surface area contributed by atoms with Crippen LogP contribution < -0.4 is 5.32 Å². The molecule has 762 valence electrons. The van der Waals surface area contributed by atoms with Gasteiger partial charge in [-0.05, 0) is 527 Å². The number of hydrogen-bond donors (Lipinski definition) is 1. The lowest BCUT2D eigenvalue weighted by atomic mass is 9.63. The number of nitrogens with zero attached hydrogens (tertiary/aromatic N) is 11. The zero-order chi connectivity index (χ0) is 96.7. The minimum absolute atomic E-state index is 0.351. The first-order valence-electron chi connectivity index (χ1n) is 55.6. The third-order valence-electron chi connectivity index (χ3n) is 33.0. The number of fused-ring (bicyclic) bond motifs is 7. The molecule has 1 N–H and O–H groups in total. The summed E-state index contributed by atoms with van der Waals surface area (Å²) in [5, 5.41) is 3.53. The minimum atomic E-state index is 0.351. The summed E-state index contributed by atoms with van der Waals surface area (Å²) in [5.74, 6) is 5.23. The molecule has 15 heterocycles. The Labute approximate surface area is 808 Å². The van der Waals surface area contributed by atoms with Gasteiger partial charge in [-0.1, -0.05) is 78.4 Å². The molecule has 19 aliphatic rings. The first-order valence-corrected chi connectivity index (χ1v) is 55.6. The van der Waals surface area contributed by atoms with Gasteiger partial charge in [-0.3, -0.25) is 53.9 Å². The molecule has 2 spiro atoms. The Morgan fingerprint density at radius 2 is 0.512 bits per heavy atom. The van der Waals surface area contributed by atoms with Gasteiger partial charge in [0.15, 0.2) is 0 Å². The summed E-state index contributed by atoms with van der Waals surface area (Å²) in [4.78, 5) is 28.5. The molecule has 0 radical (unpaired) electrons. The third-order valence-corrected chi connectivity index (χ3v) is 33.0. The number of hydrogen-bond acceptors (Lipinski definition) is 13. The largest absolute Gasteiger partial charge is 0.380 e. The molecule has 0 amide bonds. The molecule has 0 aromatic carbocycles. The van der Waals surface area contributed by atoms with Crippen LogP contribution in [-0.4, -0.2) is 284 Å². The van der Waals surface area contributed by atoms with Crippen LogP contribution in [0.3, 0.4) is 0 Å². The Balaban J connectivity index is 0.000000217. The zero-order valence-electron chi connectivity index (χ0n) is 94.5. The summed E-state index contributed by atoms with van der Waals surface area (Å²) in [6, 6.07) is 2.77. The van der Waals surface area contributed by atoms with Crippen LogP contribution in [0.5, 0.6) is 0 Å². The van der Waals surface area contributed by atoms with Crippen molar-refractivity contribution in [3.05, 3.63) is 12.2 Å². The van der Waals surface area contributed by atoms with E-state index in [2.05, 4.69) is 328 Å². The fourth-order valence-electron chi connectivity index (χ4n) is 23.1. The van der Waals surface area contributed by atoms with Crippen molar-refractivity contribution in [3.8, 4) is 0 Å². The van der Waals surface area contributed by atoms with Crippen LogP contribution >= 0.6 is 0 Å². The van der Waals surface area contributed by atoms with E-state index in [4.69, 9.17) is 4.74 Å². The van der Waals surface area contributed by atoms with Gasteiger partial charge in [0.2, 0.25) is 0 Å². The molecule has 19 rings (SSSR count). The van der Waals surface area contributed by atoms with E-state index in [-0.39, 0.29) is 0 Å². The summed E-state index contributed by atoms with van der Waals surface area (Å²) < 4.78 is 5.32. The van der Waals surface area contributed by atoms with Crippen LogP contribution in [0.4, 0.5) is 0 Å². The SMILES string of the molecule is C1CC2CCC1N2.CC(C)(C)C.CC(C)(C)N1CC2CC(C2)C1.CC(C)(C)N1CC2CCC1C2.CC(C)(C)N1CC2CCCC2C1.CC(C)(C)N1CC=CC1.CC(C)(C)N1CCC1.CC(C)(C)N1CCC2(CC1)COC2.CC(C)(C)N1CCC2(CCC2)CC1.CC(C)(C)N1CCCC1.CC(C)(C)N1CCCCC1.CC(C)(C)N1CCCCC1.CC(C)(C)N1CCCCCC1. The van der Waals surface area contributed by atoms with Gasteiger partial charge in [-0.15, -0.1) is 0 Å². The van der Waals surface area contributed by atoms with Crippen molar-refractivity contribution in [1.29, 1.82) is 0 Å². The molecule has 13 nitrogen and oxygen atoms in total. The Kier molecular flexibility index (Phi) is 46.3. The molecule has 18 fully saturated rings. The fourth-order valence-corrected chi connectivity index (χ4v) is 23.1. The fraction of sp³-hybridized carbons (Fsp3) is 0.983. The van der Waals surface area contributed by atoms with Crippen molar-refractivity contribution in [2.75, 3.05) is 151 Å². The number of rotatable bonds is 0. The van der Waals surface area contributed by atoms with Crippen molar-refractivity contribution < 1.29 is 4.74 Å². The number of ether oxygens (including phenoxy) is 1. The molecule has 4 atom stereocenters. The minimum Gasteiger partial charge on any atom is -0.380 e. The average molecular weight is 1810 g/mol. The summed E-state index contributed by atoms with van der Waals surface area (Å²) in [5.41, 5.74) is 6.27. The van der Waals surface area contributed by atoms with Crippen LogP contribution in [-0.2, 0) is 4.74 Å². The molecule has 6 bridgehead atoms. The topological polar surface area (TPSA) is 56.9 Å². The van der Waals surface area contributed by atoms with Gasteiger partial charge in [-0.2, -0.15) is 0 Å². The molecule has 129 heavy (non-hydrogen) atoms. The number of piperidine rings is 7. The molecule has 4 aliphatic carbocycles. The summed E-state index contributed by atoms with van der Waals surface area (Å²) in [6.45, 7) is 114. The van der Waals surface area contributed by atoms with Gasteiger partial charge in [-0.25, -0.2) is 0 Å². The second-order valence-corrected chi connectivity index (χ2v) is 57.3.